The van der Waals surface area contributed by atoms with E-state index in [0.29, 0.717) is 0 Å². The van der Waals surface area contributed by atoms with E-state index in [1.54, 1.807) is 0 Å². The molecular formula is C17H19NO2. The minimum Gasteiger partial charge on any atom is -0.392 e. The molecule has 0 unspecified atom stereocenters. The monoisotopic (exact) mass is 269 g/mol. The van der Waals surface area contributed by atoms with Gasteiger partial charge in [-0.15, -0.1) is 0 Å². The van der Waals surface area contributed by atoms with E-state index in [4.69, 9.17) is 4.74 Å². The Balaban J connectivity index is 1.93. The molecule has 1 heterocycles. The number of benzene rings is 2. The lowest BCUT2D eigenvalue weighted by Gasteiger charge is -2.30. The van der Waals surface area contributed by atoms with E-state index < -0.39 is 0 Å². The summed E-state index contributed by atoms with van der Waals surface area (Å²) in [4.78, 5) is 2.28. The summed E-state index contributed by atoms with van der Waals surface area (Å²) in [5, 5.41) is 9.66. The van der Waals surface area contributed by atoms with Crippen molar-refractivity contribution >= 4 is 5.69 Å². The summed E-state index contributed by atoms with van der Waals surface area (Å²) in [5.41, 5.74) is 4.42. The number of hydrogen-bond donors (Lipinski definition) is 1. The SMILES string of the molecule is OCc1cc(-c2ccccc2)ccc1N1CCOCC1. The molecule has 3 heteroatoms. The summed E-state index contributed by atoms with van der Waals surface area (Å²) in [7, 11) is 0. The third-order valence-corrected chi connectivity index (χ3v) is 3.71. The van der Waals surface area contributed by atoms with Crippen molar-refractivity contribution in [1.82, 2.24) is 0 Å². The number of aliphatic hydroxyl groups is 1. The smallest absolute Gasteiger partial charge is 0.0702 e. The van der Waals surface area contributed by atoms with Crippen LogP contribution in [-0.4, -0.2) is 31.4 Å². The van der Waals surface area contributed by atoms with Crippen LogP contribution >= 0.6 is 0 Å². The number of ether oxygens (including phenoxy) is 1. The van der Waals surface area contributed by atoms with Gasteiger partial charge in [0.15, 0.2) is 0 Å². The third kappa shape index (κ3) is 2.69. The molecule has 1 saturated heterocycles. The largest absolute Gasteiger partial charge is 0.392 e. The number of nitrogens with zero attached hydrogens (tertiary/aromatic N) is 1. The normalized spacial score (nSPS) is 15.3. The number of morpholine rings is 1. The molecule has 1 N–H and O–H groups in total. The quantitative estimate of drug-likeness (QED) is 0.930. The van der Waals surface area contributed by atoms with Crippen molar-refractivity contribution in [2.75, 3.05) is 31.2 Å². The summed E-state index contributed by atoms with van der Waals surface area (Å²) in [6.45, 7) is 3.35. The highest BCUT2D eigenvalue weighted by atomic mass is 16.5. The summed E-state index contributed by atoms with van der Waals surface area (Å²) in [6.07, 6.45) is 0. The standard InChI is InChI=1S/C17H19NO2/c19-13-16-12-15(14-4-2-1-3-5-14)6-7-17(16)18-8-10-20-11-9-18/h1-7,12,19H,8-11,13H2. The van der Waals surface area contributed by atoms with Gasteiger partial charge in [0, 0.05) is 24.3 Å². The van der Waals surface area contributed by atoms with E-state index in [-0.39, 0.29) is 6.61 Å². The van der Waals surface area contributed by atoms with Crippen LogP contribution in [0.3, 0.4) is 0 Å². The van der Waals surface area contributed by atoms with Crippen LogP contribution in [0.25, 0.3) is 11.1 Å². The topological polar surface area (TPSA) is 32.7 Å². The Kier molecular flexibility index (Phi) is 4.00. The van der Waals surface area contributed by atoms with Crippen LogP contribution in [0.4, 0.5) is 5.69 Å². The van der Waals surface area contributed by atoms with Crippen molar-refractivity contribution in [2.24, 2.45) is 0 Å². The van der Waals surface area contributed by atoms with Crippen molar-refractivity contribution in [3.63, 3.8) is 0 Å². The molecule has 1 aliphatic rings. The lowest BCUT2D eigenvalue weighted by atomic mass is 10.0. The number of aliphatic hydroxyl groups excluding tert-OH is 1. The molecule has 3 rings (SSSR count). The maximum Gasteiger partial charge on any atom is 0.0702 e. The molecule has 0 amide bonds. The third-order valence-electron chi connectivity index (χ3n) is 3.71. The number of hydrogen-bond acceptors (Lipinski definition) is 3. The Morgan fingerprint density at radius 2 is 1.70 bits per heavy atom. The van der Waals surface area contributed by atoms with E-state index >= 15 is 0 Å². The van der Waals surface area contributed by atoms with Crippen molar-refractivity contribution in [2.45, 2.75) is 6.61 Å². The van der Waals surface area contributed by atoms with E-state index in [2.05, 4.69) is 35.2 Å². The molecule has 0 radical (unpaired) electrons. The predicted octanol–water partition coefficient (Wildman–Crippen LogP) is 2.68. The van der Waals surface area contributed by atoms with Gasteiger partial charge < -0.3 is 14.7 Å². The van der Waals surface area contributed by atoms with Gasteiger partial charge >= 0.3 is 0 Å². The summed E-state index contributed by atoms with van der Waals surface area (Å²) in [5.74, 6) is 0. The molecule has 2 aromatic rings. The average molecular weight is 269 g/mol. The molecule has 2 aromatic carbocycles. The lowest BCUT2D eigenvalue weighted by molar-refractivity contribution is 0.122. The van der Waals surface area contributed by atoms with Crippen molar-refractivity contribution in [3.05, 3.63) is 54.1 Å². The first-order valence-electron chi connectivity index (χ1n) is 7.00. The minimum atomic E-state index is 0.0629. The van der Waals surface area contributed by atoms with Crippen LogP contribution in [0.2, 0.25) is 0 Å². The van der Waals surface area contributed by atoms with Crippen molar-refractivity contribution in [1.29, 1.82) is 0 Å². The second kappa shape index (κ2) is 6.07. The van der Waals surface area contributed by atoms with Crippen LogP contribution in [0, 0.1) is 0 Å². The molecule has 1 aliphatic heterocycles. The molecule has 104 valence electrons. The first-order chi connectivity index (χ1) is 9.88. The fourth-order valence-electron chi connectivity index (χ4n) is 2.64. The minimum absolute atomic E-state index is 0.0629. The Hall–Kier alpha value is -1.84. The van der Waals surface area contributed by atoms with Crippen LogP contribution < -0.4 is 4.90 Å². The van der Waals surface area contributed by atoms with Crippen molar-refractivity contribution in [3.8, 4) is 11.1 Å². The van der Waals surface area contributed by atoms with E-state index in [9.17, 15) is 5.11 Å². The fraction of sp³-hybridized carbons (Fsp3) is 0.294. The first-order valence-corrected chi connectivity index (χ1v) is 7.00. The lowest BCUT2D eigenvalue weighted by Crippen LogP contribution is -2.36. The van der Waals surface area contributed by atoms with E-state index in [0.717, 1.165) is 43.1 Å². The zero-order valence-electron chi connectivity index (χ0n) is 11.5. The molecule has 20 heavy (non-hydrogen) atoms. The fourth-order valence-corrected chi connectivity index (χ4v) is 2.64. The van der Waals surface area contributed by atoms with Gasteiger partial charge in [-0.1, -0.05) is 36.4 Å². The highest BCUT2D eigenvalue weighted by molar-refractivity contribution is 5.69. The van der Waals surface area contributed by atoms with E-state index in [1.165, 1.54) is 5.56 Å². The summed E-state index contributed by atoms with van der Waals surface area (Å²) >= 11 is 0. The molecule has 3 nitrogen and oxygen atoms in total. The second-order valence-corrected chi connectivity index (χ2v) is 4.97. The van der Waals surface area contributed by atoms with Crippen molar-refractivity contribution < 1.29 is 9.84 Å². The van der Waals surface area contributed by atoms with Gasteiger partial charge in [0.25, 0.3) is 0 Å². The van der Waals surface area contributed by atoms with Gasteiger partial charge in [-0.25, -0.2) is 0 Å². The molecule has 0 saturated carbocycles. The van der Waals surface area contributed by atoms with Gasteiger partial charge in [-0.3, -0.25) is 0 Å². The Labute approximate surface area is 119 Å². The molecule has 1 fully saturated rings. The average Bonchev–Trinajstić information content (AvgIpc) is 2.56. The van der Waals surface area contributed by atoms with Gasteiger partial charge in [0.1, 0.15) is 0 Å². The summed E-state index contributed by atoms with van der Waals surface area (Å²) < 4.78 is 5.38. The van der Waals surface area contributed by atoms with Crippen LogP contribution in [0.1, 0.15) is 5.56 Å². The molecule has 0 atom stereocenters. The molecule has 0 aromatic heterocycles. The molecule has 0 spiro atoms. The van der Waals surface area contributed by atoms with Crippen LogP contribution in [0.5, 0.6) is 0 Å². The molecular weight excluding hydrogens is 250 g/mol. The molecule has 0 bridgehead atoms. The summed E-state index contributed by atoms with van der Waals surface area (Å²) in [6, 6.07) is 16.6. The second-order valence-electron chi connectivity index (χ2n) is 4.97. The van der Waals surface area contributed by atoms with E-state index in [1.807, 2.05) is 18.2 Å². The Morgan fingerprint density at radius 3 is 2.40 bits per heavy atom. The van der Waals surface area contributed by atoms with Gasteiger partial charge in [0.2, 0.25) is 0 Å². The van der Waals surface area contributed by atoms with Crippen LogP contribution in [-0.2, 0) is 11.3 Å². The van der Waals surface area contributed by atoms with Crippen LogP contribution in [0.15, 0.2) is 48.5 Å². The van der Waals surface area contributed by atoms with Gasteiger partial charge in [-0.2, -0.15) is 0 Å². The Bertz CT molecular complexity index is 562. The first kappa shape index (κ1) is 13.2. The highest BCUT2D eigenvalue weighted by Gasteiger charge is 2.15. The maximum absolute atomic E-state index is 9.66. The zero-order chi connectivity index (χ0) is 13.8. The predicted molar refractivity (Wildman–Crippen MR) is 80.8 cm³/mol. The highest BCUT2D eigenvalue weighted by Crippen LogP contribution is 2.28. The number of anilines is 1. The molecule has 0 aliphatic carbocycles. The van der Waals surface area contributed by atoms with Gasteiger partial charge in [-0.05, 0) is 23.3 Å². The zero-order valence-corrected chi connectivity index (χ0v) is 11.5. The maximum atomic E-state index is 9.66. The Morgan fingerprint density at radius 1 is 0.950 bits per heavy atom. The van der Waals surface area contributed by atoms with Gasteiger partial charge in [0.05, 0.1) is 19.8 Å². The number of rotatable bonds is 3.